The molecule has 0 aliphatic carbocycles. The van der Waals surface area contributed by atoms with E-state index < -0.39 is 13.9 Å². The molecule has 0 saturated heterocycles. The highest BCUT2D eigenvalue weighted by molar-refractivity contribution is 7.46. The third-order valence-electron chi connectivity index (χ3n) is 8.44. The molecule has 0 aliphatic rings. The van der Waals surface area contributed by atoms with Gasteiger partial charge in [0.05, 0.1) is 19.8 Å². The normalized spacial score (nSPS) is 12.3. The third-order valence-corrected chi connectivity index (χ3v) is 8.93. The van der Waals surface area contributed by atoms with Gasteiger partial charge in [0.25, 0.3) is 0 Å². The summed E-state index contributed by atoms with van der Waals surface area (Å²) in [4.78, 5) is 30.5. The highest BCUT2D eigenvalue weighted by atomic mass is 31.2. The van der Waals surface area contributed by atoms with E-state index in [1.54, 1.807) is 0 Å². The topological polar surface area (TPSA) is 149 Å². The van der Waals surface area contributed by atoms with Gasteiger partial charge in [-0.15, -0.1) is 0 Å². The molecular formula is C39H80NO8P. The molecule has 0 fully saturated rings. The Balaban J connectivity index is 0. The number of phosphoric acid groups is 1. The maximum atomic E-state index is 12.3. The van der Waals surface area contributed by atoms with Crippen molar-refractivity contribution < 1.29 is 38.3 Å². The Kier molecular flexibility index (Phi) is 42.7. The van der Waals surface area contributed by atoms with Gasteiger partial charge in [0.2, 0.25) is 0 Å². The number of carbonyl (C=O) groups excluding carboxylic acids is 1. The first-order valence-corrected chi connectivity index (χ1v) is 21.8. The number of rotatable bonds is 37. The number of aliphatic hydroxyl groups is 1. The van der Waals surface area contributed by atoms with Gasteiger partial charge in [-0.3, -0.25) is 9.32 Å². The summed E-state index contributed by atoms with van der Waals surface area (Å²) in [5.74, 6) is -0.368. The second kappa shape index (κ2) is 41.6. The smallest absolute Gasteiger partial charge is 0.457 e. The van der Waals surface area contributed by atoms with Gasteiger partial charge in [0.1, 0.15) is 6.10 Å². The number of esters is 1. The maximum Gasteiger partial charge on any atom is 0.469 e. The van der Waals surface area contributed by atoms with Crippen molar-refractivity contribution in [2.75, 3.05) is 33.0 Å². The molecule has 0 aromatic heterocycles. The summed E-state index contributed by atoms with van der Waals surface area (Å²) in [5.41, 5.74) is 4.78. The van der Waals surface area contributed by atoms with E-state index in [0.717, 1.165) is 44.9 Å². The Morgan fingerprint density at radius 2 is 1.02 bits per heavy atom. The predicted octanol–water partition coefficient (Wildman–Crippen LogP) is 10.5. The first-order valence-electron chi connectivity index (χ1n) is 20.2. The van der Waals surface area contributed by atoms with Crippen molar-refractivity contribution >= 4 is 13.8 Å². The van der Waals surface area contributed by atoms with E-state index in [0.29, 0.717) is 19.6 Å². The second-order valence-corrected chi connectivity index (χ2v) is 14.7. The highest BCUT2D eigenvalue weighted by Gasteiger charge is 2.21. The lowest BCUT2D eigenvalue weighted by Crippen LogP contribution is -2.28. The molecule has 5 N–H and O–H groups in total. The number of hydrogen-bond acceptors (Lipinski definition) is 7. The van der Waals surface area contributed by atoms with Gasteiger partial charge in [-0.1, -0.05) is 161 Å². The fourth-order valence-corrected chi connectivity index (χ4v) is 5.86. The Morgan fingerprint density at radius 3 is 1.43 bits per heavy atom. The van der Waals surface area contributed by atoms with Gasteiger partial charge in [-0.25, -0.2) is 4.57 Å². The van der Waals surface area contributed by atoms with Crippen LogP contribution in [-0.2, 0) is 23.4 Å². The molecule has 0 aromatic carbocycles. The summed E-state index contributed by atoms with van der Waals surface area (Å²) >= 11 is 0. The number of aliphatic hydroxyl groups excluding tert-OH is 1. The largest absolute Gasteiger partial charge is 0.469 e. The second-order valence-electron chi connectivity index (χ2n) is 13.4. The summed E-state index contributed by atoms with van der Waals surface area (Å²) in [7, 11) is -4.64. The summed E-state index contributed by atoms with van der Waals surface area (Å²) < 4.78 is 26.9. The summed E-state index contributed by atoms with van der Waals surface area (Å²) in [6, 6.07) is 0. The van der Waals surface area contributed by atoms with Crippen LogP contribution in [-0.4, -0.2) is 59.9 Å². The van der Waals surface area contributed by atoms with Crippen LogP contribution in [0.5, 0.6) is 0 Å². The number of allylic oxidation sites excluding steroid dienone is 2. The molecule has 0 saturated carbocycles. The molecule has 9 nitrogen and oxygen atoms in total. The molecule has 1 unspecified atom stereocenters. The van der Waals surface area contributed by atoms with Gasteiger partial charge in [0.15, 0.2) is 0 Å². The van der Waals surface area contributed by atoms with Crippen molar-refractivity contribution in [3.05, 3.63) is 12.2 Å². The van der Waals surface area contributed by atoms with Gasteiger partial charge in [0, 0.05) is 19.6 Å². The van der Waals surface area contributed by atoms with Crippen molar-refractivity contribution in [1.29, 1.82) is 0 Å². The van der Waals surface area contributed by atoms with Crippen LogP contribution < -0.4 is 5.73 Å². The molecule has 1 atom stereocenters. The lowest BCUT2D eigenvalue weighted by molar-refractivity contribution is -0.154. The van der Waals surface area contributed by atoms with Gasteiger partial charge >= 0.3 is 13.8 Å². The summed E-state index contributed by atoms with van der Waals surface area (Å²) in [6.45, 7) is 5.23. The van der Waals surface area contributed by atoms with Crippen LogP contribution in [0.4, 0.5) is 0 Å². The van der Waals surface area contributed by atoms with Crippen LogP contribution in [0.1, 0.15) is 194 Å². The average Bonchev–Trinajstić information content (AvgIpc) is 3.08. The molecule has 294 valence electrons. The molecule has 0 aliphatic heterocycles. The van der Waals surface area contributed by atoms with E-state index in [9.17, 15) is 9.36 Å². The Morgan fingerprint density at radius 1 is 0.633 bits per heavy atom. The van der Waals surface area contributed by atoms with E-state index >= 15 is 0 Å². The van der Waals surface area contributed by atoms with Crippen molar-refractivity contribution in [2.45, 2.75) is 200 Å². The minimum absolute atomic E-state index is 0.0799. The Hall–Kier alpha value is -0.800. The zero-order valence-electron chi connectivity index (χ0n) is 32.0. The fraction of sp³-hybridized carbons (Fsp3) is 0.923. The third kappa shape index (κ3) is 47.2. The molecule has 49 heavy (non-hydrogen) atoms. The van der Waals surface area contributed by atoms with Crippen LogP contribution in [0.15, 0.2) is 12.2 Å². The monoisotopic (exact) mass is 722 g/mol. The Labute approximate surface area is 302 Å². The summed E-state index contributed by atoms with van der Waals surface area (Å²) in [5, 5.41) is 7.75. The van der Waals surface area contributed by atoms with Crippen molar-refractivity contribution in [1.82, 2.24) is 0 Å². The van der Waals surface area contributed by atoms with E-state index in [1.807, 2.05) is 0 Å². The summed E-state index contributed by atoms with van der Waals surface area (Å²) in [6.07, 6.45) is 37.7. The van der Waals surface area contributed by atoms with Crippen LogP contribution >= 0.6 is 7.82 Å². The lowest BCUT2D eigenvalue weighted by Gasteiger charge is -2.18. The lowest BCUT2D eigenvalue weighted by atomic mass is 10.0. The van der Waals surface area contributed by atoms with Crippen molar-refractivity contribution in [2.24, 2.45) is 5.73 Å². The molecule has 10 heteroatoms. The van der Waals surface area contributed by atoms with E-state index in [1.165, 1.54) is 128 Å². The Bertz CT molecular complexity index is 732. The minimum atomic E-state index is -4.64. The number of phosphoric ester groups is 1. The maximum absolute atomic E-state index is 12.3. The number of ether oxygens (including phenoxy) is 2. The minimum Gasteiger partial charge on any atom is -0.457 e. The predicted molar refractivity (Wildman–Crippen MR) is 205 cm³/mol. The molecule has 0 heterocycles. The standard InChI is InChI=1S/C37H73O7P.C2H7NO/c1-3-5-7-9-11-13-15-17-19-20-22-24-26-28-30-32-37(38)44-36(35-43-45(39,40)41)34-42-33-31-29-27-25-23-21-18-16-14-12-10-8-6-4-2;3-1-2-4/h17,19,36H,3-16,18,20-35H2,1-2H3,(H2,39,40,41);4H,1-3H2/b19-17-;. The van der Waals surface area contributed by atoms with Gasteiger partial charge < -0.3 is 30.1 Å². The molecular weight excluding hydrogens is 641 g/mol. The SMILES string of the molecule is CCCCCCCC/C=C\CCCCCCCC(=O)OC(COCCCCCCCCCCCCCCCC)COP(=O)(O)O.NCCO. The van der Waals surface area contributed by atoms with Crippen LogP contribution in [0.2, 0.25) is 0 Å². The number of unbranched alkanes of at least 4 members (excludes halogenated alkanes) is 24. The fourth-order valence-electron chi connectivity index (χ4n) is 5.49. The van der Waals surface area contributed by atoms with Crippen LogP contribution in [0, 0.1) is 0 Å². The average molecular weight is 722 g/mol. The zero-order chi connectivity index (χ0) is 36.5. The number of carbonyl (C=O) groups is 1. The van der Waals surface area contributed by atoms with Crippen LogP contribution in [0.3, 0.4) is 0 Å². The zero-order valence-corrected chi connectivity index (χ0v) is 32.9. The first kappa shape index (κ1) is 50.3. The van der Waals surface area contributed by atoms with Crippen molar-refractivity contribution in [3.63, 3.8) is 0 Å². The molecule has 0 bridgehead atoms. The van der Waals surface area contributed by atoms with Crippen molar-refractivity contribution in [3.8, 4) is 0 Å². The molecule has 0 aromatic rings. The number of nitrogens with two attached hydrogens (primary N) is 1. The molecule has 0 radical (unpaired) electrons. The van der Waals surface area contributed by atoms with Crippen LogP contribution in [0.25, 0.3) is 0 Å². The molecule has 0 spiro atoms. The van der Waals surface area contributed by atoms with Gasteiger partial charge in [-0.05, 0) is 38.5 Å². The number of hydrogen-bond donors (Lipinski definition) is 4. The van der Waals surface area contributed by atoms with Gasteiger partial charge in [-0.2, -0.15) is 0 Å². The van der Waals surface area contributed by atoms with E-state index in [2.05, 4.69) is 30.5 Å². The molecule has 0 amide bonds. The van der Waals surface area contributed by atoms with E-state index in [-0.39, 0.29) is 25.8 Å². The highest BCUT2D eigenvalue weighted by Crippen LogP contribution is 2.36. The first-order chi connectivity index (χ1) is 23.8. The van der Waals surface area contributed by atoms with E-state index in [4.69, 9.17) is 30.1 Å². The quantitative estimate of drug-likeness (QED) is 0.0213. The molecule has 0 rings (SSSR count).